The van der Waals surface area contributed by atoms with E-state index in [4.69, 9.17) is 4.98 Å². The van der Waals surface area contributed by atoms with Crippen molar-refractivity contribution in [2.45, 2.75) is 13.0 Å². The predicted molar refractivity (Wildman–Crippen MR) is 105 cm³/mol. The van der Waals surface area contributed by atoms with E-state index in [2.05, 4.69) is 10.3 Å². The first-order valence-corrected chi connectivity index (χ1v) is 8.83. The number of amides is 1. The fraction of sp³-hybridized carbons (Fsp3) is 0.136. The number of aromatic nitrogens is 3. The molecule has 5 heteroatoms. The normalized spacial score (nSPS) is 12.1. The van der Waals surface area contributed by atoms with Crippen molar-refractivity contribution in [2.75, 3.05) is 0 Å². The lowest BCUT2D eigenvalue weighted by molar-refractivity contribution is 0.0941. The van der Waals surface area contributed by atoms with E-state index >= 15 is 0 Å². The first-order chi connectivity index (χ1) is 13.1. The van der Waals surface area contributed by atoms with Crippen LogP contribution in [0.2, 0.25) is 0 Å². The quantitative estimate of drug-likeness (QED) is 0.605. The zero-order chi connectivity index (χ0) is 18.8. The van der Waals surface area contributed by atoms with Crippen molar-refractivity contribution in [1.29, 1.82) is 0 Å². The van der Waals surface area contributed by atoms with Crippen LogP contribution in [0.25, 0.3) is 11.0 Å². The van der Waals surface area contributed by atoms with E-state index in [1.165, 1.54) is 0 Å². The summed E-state index contributed by atoms with van der Waals surface area (Å²) in [6.07, 6.45) is 1.60. The molecule has 0 aliphatic carbocycles. The minimum Gasteiger partial charge on any atom is -0.338 e. The van der Waals surface area contributed by atoms with E-state index < -0.39 is 0 Å². The predicted octanol–water partition coefficient (Wildman–Crippen LogP) is 3.80. The van der Waals surface area contributed by atoms with Crippen LogP contribution in [-0.2, 0) is 7.05 Å². The van der Waals surface area contributed by atoms with E-state index in [1.807, 2.05) is 79.2 Å². The maximum absolute atomic E-state index is 12.9. The number of fused-ring (bicyclic) bond motifs is 1. The number of carbonyl (C=O) groups is 1. The summed E-state index contributed by atoms with van der Waals surface area (Å²) in [7, 11) is 1.97. The van der Waals surface area contributed by atoms with E-state index in [1.54, 1.807) is 12.3 Å². The molecule has 1 N–H and O–H groups in total. The van der Waals surface area contributed by atoms with Crippen LogP contribution >= 0.6 is 0 Å². The molecule has 134 valence electrons. The van der Waals surface area contributed by atoms with Gasteiger partial charge >= 0.3 is 0 Å². The van der Waals surface area contributed by atoms with Crippen molar-refractivity contribution in [3.8, 4) is 0 Å². The molecule has 0 fully saturated rings. The van der Waals surface area contributed by atoms with Gasteiger partial charge < -0.3 is 9.88 Å². The molecule has 27 heavy (non-hydrogen) atoms. The number of pyridine rings is 1. The number of benzene rings is 2. The van der Waals surface area contributed by atoms with E-state index in [0.29, 0.717) is 5.56 Å². The molecule has 1 atom stereocenters. The lowest BCUT2D eigenvalue weighted by atomic mass is 10.1. The number of carbonyl (C=O) groups excluding carboxylic acids is 1. The summed E-state index contributed by atoms with van der Waals surface area (Å²) < 4.78 is 2.03. The van der Waals surface area contributed by atoms with Crippen LogP contribution in [0.5, 0.6) is 0 Å². The smallest absolute Gasteiger partial charge is 0.253 e. The number of rotatable bonds is 4. The zero-order valence-corrected chi connectivity index (χ0v) is 15.3. The number of nitrogens with one attached hydrogen (secondary N) is 1. The molecule has 0 aliphatic rings. The Balaban J connectivity index is 1.76. The van der Waals surface area contributed by atoms with E-state index in [0.717, 1.165) is 28.1 Å². The maximum atomic E-state index is 12.9. The lowest BCUT2D eigenvalue weighted by Gasteiger charge is -2.19. The number of hydrogen-bond acceptors (Lipinski definition) is 3. The first-order valence-electron chi connectivity index (χ1n) is 8.83. The Kier molecular flexibility index (Phi) is 4.42. The molecule has 5 nitrogen and oxygen atoms in total. The van der Waals surface area contributed by atoms with Gasteiger partial charge in [-0.3, -0.25) is 9.78 Å². The highest BCUT2D eigenvalue weighted by Gasteiger charge is 2.23. The van der Waals surface area contributed by atoms with Gasteiger partial charge in [-0.05, 0) is 36.8 Å². The first kappa shape index (κ1) is 17.0. The zero-order valence-electron chi connectivity index (χ0n) is 15.3. The molecule has 0 spiro atoms. The molecular formula is C22H20N4O. The molecule has 1 unspecified atom stereocenters. The number of hydrogen-bond donors (Lipinski definition) is 1. The summed E-state index contributed by atoms with van der Waals surface area (Å²) >= 11 is 0. The minimum absolute atomic E-state index is 0.177. The number of para-hydroxylation sites is 2. The fourth-order valence-electron chi connectivity index (χ4n) is 3.18. The second-order valence-corrected chi connectivity index (χ2v) is 6.52. The van der Waals surface area contributed by atoms with Crippen molar-refractivity contribution in [2.24, 2.45) is 7.05 Å². The summed E-state index contributed by atoms with van der Waals surface area (Å²) in [4.78, 5) is 21.9. The van der Waals surface area contributed by atoms with Gasteiger partial charge in [0.25, 0.3) is 5.91 Å². The highest BCUT2D eigenvalue weighted by Crippen LogP contribution is 2.25. The van der Waals surface area contributed by atoms with Gasteiger partial charge in [0.15, 0.2) is 0 Å². The molecule has 0 saturated heterocycles. The SMILES string of the molecule is Cc1ccc(C(=O)NC(c2ccccc2)c2nc3ccccc3n2C)cn1. The van der Waals surface area contributed by atoms with Crippen LogP contribution in [0.15, 0.2) is 72.9 Å². The van der Waals surface area contributed by atoms with Gasteiger partial charge in [0, 0.05) is 18.9 Å². The Bertz CT molecular complexity index is 1080. The van der Waals surface area contributed by atoms with Gasteiger partial charge in [0.1, 0.15) is 11.9 Å². The number of aryl methyl sites for hydroxylation is 2. The molecule has 1 amide bonds. The Hall–Kier alpha value is -3.47. The van der Waals surface area contributed by atoms with Crippen LogP contribution in [0.4, 0.5) is 0 Å². The van der Waals surface area contributed by atoms with Gasteiger partial charge in [-0.15, -0.1) is 0 Å². The molecule has 4 rings (SSSR count). The second kappa shape index (κ2) is 7.03. The van der Waals surface area contributed by atoms with Gasteiger partial charge in [-0.2, -0.15) is 0 Å². The van der Waals surface area contributed by atoms with Crippen molar-refractivity contribution in [3.63, 3.8) is 0 Å². The summed E-state index contributed by atoms with van der Waals surface area (Å²) in [5.74, 6) is 0.610. The van der Waals surface area contributed by atoms with Crippen LogP contribution < -0.4 is 5.32 Å². The van der Waals surface area contributed by atoms with Crippen LogP contribution in [0, 0.1) is 6.92 Å². The van der Waals surface area contributed by atoms with Crippen LogP contribution in [-0.4, -0.2) is 20.4 Å². The van der Waals surface area contributed by atoms with E-state index in [9.17, 15) is 4.79 Å². The molecule has 0 saturated carbocycles. The Morgan fingerprint density at radius 3 is 2.44 bits per heavy atom. The lowest BCUT2D eigenvalue weighted by Crippen LogP contribution is -2.31. The van der Waals surface area contributed by atoms with Gasteiger partial charge in [-0.1, -0.05) is 42.5 Å². The standard InChI is InChI=1S/C22H20N4O/c1-15-12-13-17(14-23-15)22(27)25-20(16-8-4-3-5-9-16)21-24-18-10-6-7-11-19(18)26(21)2/h3-14,20H,1-2H3,(H,25,27). The molecule has 0 bridgehead atoms. The molecule has 2 heterocycles. The highest BCUT2D eigenvalue weighted by atomic mass is 16.1. The topological polar surface area (TPSA) is 59.8 Å². The average Bonchev–Trinajstić information content (AvgIpc) is 3.04. The highest BCUT2D eigenvalue weighted by molar-refractivity contribution is 5.94. The Labute approximate surface area is 157 Å². The molecule has 0 radical (unpaired) electrons. The molecule has 2 aromatic heterocycles. The van der Waals surface area contributed by atoms with E-state index in [-0.39, 0.29) is 11.9 Å². The third-order valence-corrected chi connectivity index (χ3v) is 4.66. The molecule has 4 aromatic rings. The van der Waals surface area contributed by atoms with Crippen molar-refractivity contribution in [1.82, 2.24) is 19.9 Å². The minimum atomic E-state index is -0.364. The van der Waals surface area contributed by atoms with Gasteiger partial charge in [0.2, 0.25) is 0 Å². The summed E-state index contributed by atoms with van der Waals surface area (Å²) in [6.45, 7) is 1.90. The largest absolute Gasteiger partial charge is 0.338 e. The Morgan fingerprint density at radius 1 is 1.00 bits per heavy atom. The van der Waals surface area contributed by atoms with Crippen molar-refractivity contribution < 1.29 is 4.79 Å². The molecular weight excluding hydrogens is 336 g/mol. The maximum Gasteiger partial charge on any atom is 0.253 e. The third kappa shape index (κ3) is 3.31. The summed E-state index contributed by atoms with van der Waals surface area (Å²) in [5, 5.41) is 3.12. The van der Waals surface area contributed by atoms with Crippen LogP contribution in [0.1, 0.15) is 33.5 Å². The number of imidazole rings is 1. The van der Waals surface area contributed by atoms with Gasteiger partial charge in [-0.25, -0.2) is 4.98 Å². The van der Waals surface area contributed by atoms with Gasteiger partial charge in [0.05, 0.1) is 16.6 Å². The van der Waals surface area contributed by atoms with Crippen molar-refractivity contribution >= 4 is 16.9 Å². The fourth-order valence-corrected chi connectivity index (χ4v) is 3.18. The summed E-state index contributed by atoms with van der Waals surface area (Å²) in [6, 6.07) is 21.1. The second-order valence-electron chi connectivity index (χ2n) is 6.52. The average molecular weight is 356 g/mol. The Morgan fingerprint density at radius 2 is 1.74 bits per heavy atom. The monoisotopic (exact) mass is 356 g/mol. The van der Waals surface area contributed by atoms with Crippen molar-refractivity contribution in [3.05, 3.63) is 95.6 Å². The third-order valence-electron chi connectivity index (χ3n) is 4.66. The molecule has 2 aromatic carbocycles. The number of nitrogens with zero attached hydrogens (tertiary/aromatic N) is 3. The molecule has 0 aliphatic heterocycles. The summed E-state index contributed by atoms with van der Waals surface area (Å²) in [5.41, 5.74) is 4.31. The van der Waals surface area contributed by atoms with Crippen LogP contribution in [0.3, 0.4) is 0 Å².